The van der Waals surface area contributed by atoms with Crippen molar-refractivity contribution in [1.29, 1.82) is 0 Å². The topological polar surface area (TPSA) is 83.2 Å². The lowest BCUT2D eigenvalue weighted by atomic mass is 10.0. The maximum Gasteiger partial charge on any atom is 0.198 e. The van der Waals surface area contributed by atoms with Crippen LogP contribution in [0.1, 0.15) is 26.7 Å². The molecule has 3 atom stereocenters. The molecule has 8 nitrogen and oxygen atoms in total. The van der Waals surface area contributed by atoms with Crippen LogP contribution in [0.25, 0.3) is 0 Å². The Morgan fingerprint density at radius 3 is 2.90 bits per heavy atom. The fourth-order valence-electron chi connectivity index (χ4n) is 2.93. The summed E-state index contributed by atoms with van der Waals surface area (Å²) in [6.45, 7) is 6.52. The van der Waals surface area contributed by atoms with Crippen LogP contribution in [0.3, 0.4) is 0 Å². The molecule has 2 aliphatic rings. The molecule has 0 amide bonds. The van der Waals surface area contributed by atoms with E-state index < -0.39 is 5.03 Å². The van der Waals surface area contributed by atoms with E-state index in [1.807, 2.05) is 6.92 Å². The molecule has 0 aromatic heterocycles. The van der Waals surface area contributed by atoms with Gasteiger partial charge in [-0.05, 0) is 25.7 Å². The zero-order chi connectivity index (χ0) is 14.7. The Hall–Kier alpha value is -1.25. The van der Waals surface area contributed by atoms with Crippen LogP contribution in [0.15, 0.2) is 5.10 Å². The van der Waals surface area contributed by atoms with Crippen LogP contribution in [0.4, 0.5) is 0 Å². The van der Waals surface area contributed by atoms with Gasteiger partial charge in [-0.2, -0.15) is 5.53 Å². The summed E-state index contributed by atoms with van der Waals surface area (Å²) in [6.07, 6.45) is 2.22. The van der Waals surface area contributed by atoms with Crippen LogP contribution >= 0.6 is 0 Å². The first-order valence-electron chi connectivity index (χ1n) is 7.09. The zero-order valence-corrected chi connectivity index (χ0v) is 12.3. The van der Waals surface area contributed by atoms with Crippen molar-refractivity contribution in [2.24, 2.45) is 16.9 Å². The molecule has 0 aromatic carbocycles. The Bertz CT molecular complexity index is 389. The largest absolute Gasteiger partial charge is 0.378 e. The number of hydrazone groups is 1. The normalized spacial score (nSPS) is 33.9. The highest BCUT2D eigenvalue weighted by Crippen LogP contribution is 2.22. The molecular weight excluding hydrogens is 262 g/mol. The van der Waals surface area contributed by atoms with Crippen molar-refractivity contribution in [1.82, 2.24) is 15.6 Å². The molecule has 114 valence electrons. The summed E-state index contributed by atoms with van der Waals surface area (Å²) in [5.74, 6) is 1.08. The fourth-order valence-corrected chi connectivity index (χ4v) is 2.93. The maximum atomic E-state index is 10.6. The van der Waals surface area contributed by atoms with Gasteiger partial charge in [-0.15, -0.1) is 0 Å². The van der Waals surface area contributed by atoms with Gasteiger partial charge < -0.3 is 4.74 Å². The molecule has 0 spiro atoms. The summed E-state index contributed by atoms with van der Waals surface area (Å²) in [6, 6.07) is 0. The van der Waals surface area contributed by atoms with Gasteiger partial charge in [-0.1, -0.05) is 6.92 Å². The number of hydrazine groups is 2. The zero-order valence-electron chi connectivity index (χ0n) is 12.3. The molecule has 8 heteroatoms. The molecule has 2 aliphatic heterocycles. The predicted octanol–water partition coefficient (Wildman–Crippen LogP) is 0.695. The fraction of sp³-hybridized carbons (Fsp3) is 0.917. The number of amidine groups is 1. The minimum Gasteiger partial charge on any atom is -0.378 e. The Morgan fingerprint density at radius 2 is 2.35 bits per heavy atom. The van der Waals surface area contributed by atoms with Crippen molar-refractivity contribution in [2.45, 2.75) is 32.8 Å². The number of nitrogens with zero attached hydrogens (tertiary/aromatic N) is 4. The first-order chi connectivity index (χ1) is 9.49. The first-order valence-corrected chi connectivity index (χ1v) is 7.09. The number of hydrogen-bond donors (Lipinski definition) is 1. The Balaban J connectivity index is 1.97. The molecule has 2 saturated heterocycles. The van der Waals surface area contributed by atoms with Gasteiger partial charge in [-0.3, -0.25) is 5.01 Å². The highest BCUT2D eigenvalue weighted by atomic mass is 16.7. The van der Waals surface area contributed by atoms with Crippen molar-refractivity contribution in [3.8, 4) is 0 Å². The molecule has 2 heterocycles. The first kappa shape index (κ1) is 15.1. The van der Waals surface area contributed by atoms with Gasteiger partial charge in [0.2, 0.25) is 0 Å². The van der Waals surface area contributed by atoms with Gasteiger partial charge in [0.1, 0.15) is 0 Å². The van der Waals surface area contributed by atoms with Gasteiger partial charge >= 0.3 is 0 Å². The number of nitrogens with one attached hydrogen (secondary N) is 1. The Labute approximate surface area is 118 Å². The van der Waals surface area contributed by atoms with Crippen molar-refractivity contribution in [2.75, 3.05) is 26.7 Å². The van der Waals surface area contributed by atoms with E-state index in [-0.39, 0.29) is 5.92 Å². The SMILES string of the molecule is CCC1CN(CC2COC(C)C2)NN(C)C1=N[N+](=O)[O-]. The van der Waals surface area contributed by atoms with E-state index in [1.54, 1.807) is 12.1 Å². The average Bonchev–Trinajstić information content (AvgIpc) is 2.77. The van der Waals surface area contributed by atoms with E-state index in [9.17, 15) is 10.1 Å². The summed E-state index contributed by atoms with van der Waals surface area (Å²) < 4.78 is 5.58. The van der Waals surface area contributed by atoms with E-state index in [1.165, 1.54) is 0 Å². The number of ether oxygens (including phenoxy) is 1. The molecule has 0 aliphatic carbocycles. The molecule has 0 aromatic rings. The summed E-state index contributed by atoms with van der Waals surface area (Å²) in [5, 5.41) is 17.2. The van der Waals surface area contributed by atoms with Crippen LogP contribution in [-0.2, 0) is 4.74 Å². The van der Waals surface area contributed by atoms with Crippen molar-refractivity contribution in [3.63, 3.8) is 0 Å². The quantitative estimate of drug-likeness (QED) is 0.604. The standard InChI is InChI=1S/C12H23N5O3/c1-4-11-7-16(6-10-5-9(2)20-8-10)14-15(3)12(11)13-17(18)19/h9-11,14H,4-8H2,1-3H3. The van der Waals surface area contributed by atoms with Gasteiger partial charge in [0.05, 0.1) is 17.8 Å². The second kappa shape index (κ2) is 6.47. The van der Waals surface area contributed by atoms with Gasteiger partial charge in [0.25, 0.3) is 0 Å². The molecule has 20 heavy (non-hydrogen) atoms. The van der Waals surface area contributed by atoms with E-state index >= 15 is 0 Å². The lowest BCUT2D eigenvalue weighted by Crippen LogP contribution is -2.61. The van der Waals surface area contributed by atoms with E-state index in [2.05, 4.69) is 22.6 Å². The van der Waals surface area contributed by atoms with E-state index in [0.29, 0.717) is 17.9 Å². The third-order valence-electron chi connectivity index (χ3n) is 3.88. The summed E-state index contributed by atoms with van der Waals surface area (Å²) in [5.41, 5.74) is 3.15. The molecule has 0 radical (unpaired) electrons. The second-order valence-electron chi connectivity index (χ2n) is 5.61. The summed E-state index contributed by atoms with van der Waals surface area (Å²) in [7, 11) is 1.77. The van der Waals surface area contributed by atoms with Gasteiger partial charge in [0.15, 0.2) is 10.9 Å². The molecule has 2 rings (SSSR count). The molecule has 1 N–H and O–H groups in total. The van der Waals surface area contributed by atoms with Crippen molar-refractivity contribution < 1.29 is 9.77 Å². The van der Waals surface area contributed by atoms with Crippen LogP contribution in [0.2, 0.25) is 0 Å². The van der Waals surface area contributed by atoms with Crippen molar-refractivity contribution >= 4 is 5.84 Å². The highest BCUT2D eigenvalue weighted by molar-refractivity contribution is 5.84. The highest BCUT2D eigenvalue weighted by Gasteiger charge is 2.33. The maximum absolute atomic E-state index is 10.6. The molecular formula is C12H23N5O3. The summed E-state index contributed by atoms with van der Waals surface area (Å²) >= 11 is 0. The minimum atomic E-state index is -0.627. The number of rotatable bonds is 4. The van der Waals surface area contributed by atoms with Gasteiger partial charge in [0, 0.05) is 26.1 Å². The lowest BCUT2D eigenvalue weighted by Gasteiger charge is -2.40. The monoisotopic (exact) mass is 285 g/mol. The van der Waals surface area contributed by atoms with Gasteiger partial charge in [-0.25, -0.2) is 15.1 Å². The van der Waals surface area contributed by atoms with Crippen LogP contribution < -0.4 is 5.53 Å². The Morgan fingerprint density at radius 1 is 1.60 bits per heavy atom. The van der Waals surface area contributed by atoms with Crippen LogP contribution in [0, 0.1) is 22.0 Å². The third-order valence-corrected chi connectivity index (χ3v) is 3.88. The van der Waals surface area contributed by atoms with Crippen molar-refractivity contribution in [3.05, 3.63) is 10.1 Å². The van der Waals surface area contributed by atoms with E-state index in [4.69, 9.17) is 4.74 Å². The second-order valence-corrected chi connectivity index (χ2v) is 5.61. The lowest BCUT2D eigenvalue weighted by molar-refractivity contribution is -0.486. The molecule has 3 unspecified atom stereocenters. The number of nitro groups is 1. The smallest absolute Gasteiger partial charge is 0.198 e. The molecule has 2 fully saturated rings. The number of hydrogen-bond acceptors (Lipinski definition) is 5. The molecule has 0 saturated carbocycles. The average molecular weight is 285 g/mol. The molecule has 0 bridgehead atoms. The predicted molar refractivity (Wildman–Crippen MR) is 74.2 cm³/mol. The van der Waals surface area contributed by atoms with Crippen LogP contribution in [0.5, 0.6) is 0 Å². The van der Waals surface area contributed by atoms with E-state index in [0.717, 1.165) is 32.5 Å². The third kappa shape index (κ3) is 3.65. The summed E-state index contributed by atoms with van der Waals surface area (Å²) in [4.78, 5) is 10.6. The van der Waals surface area contributed by atoms with Crippen LogP contribution in [-0.4, -0.2) is 53.7 Å². The minimum absolute atomic E-state index is 0.0754. The Kier molecular flexibility index (Phi) is 4.90.